The molecule has 0 fully saturated rings. The van der Waals surface area contributed by atoms with Crippen LogP contribution in [0, 0.1) is 0 Å². The van der Waals surface area contributed by atoms with Gasteiger partial charge in [0, 0.05) is 17.1 Å². The molecule has 0 aliphatic rings. The van der Waals surface area contributed by atoms with Gasteiger partial charge in [0.05, 0.1) is 24.6 Å². The Hall–Kier alpha value is -3.30. The number of aromatic nitrogens is 3. The zero-order chi connectivity index (χ0) is 23.8. The number of hydrogen-bond donors (Lipinski definition) is 2. The Morgan fingerprint density at radius 3 is 2.64 bits per heavy atom. The number of anilines is 1. The molecule has 2 amide bonds. The quantitative estimate of drug-likeness (QED) is 0.327. The monoisotopic (exact) mass is 485 g/mol. The number of thioether (sulfide) groups is 1. The molecule has 0 radical (unpaired) electrons. The molecule has 3 rings (SSSR count). The second kappa shape index (κ2) is 11.5. The largest absolute Gasteiger partial charge is 0.495 e. The number of allylic oxidation sites excluding steroid dienone is 1. The molecule has 33 heavy (non-hydrogen) atoms. The van der Waals surface area contributed by atoms with Gasteiger partial charge in [-0.25, -0.2) is 0 Å². The molecule has 0 unspecified atom stereocenters. The van der Waals surface area contributed by atoms with Crippen molar-refractivity contribution in [3.8, 4) is 5.75 Å². The number of nitrogens with zero attached hydrogens (tertiary/aromatic N) is 3. The van der Waals surface area contributed by atoms with Gasteiger partial charge < -0.3 is 19.9 Å². The minimum absolute atomic E-state index is 0.124. The molecule has 10 heteroatoms. The van der Waals surface area contributed by atoms with E-state index >= 15 is 0 Å². The van der Waals surface area contributed by atoms with Crippen LogP contribution in [0.5, 0.6) is 5.75 Å². The average molecular weight is 486 g/mol. The van der Waals surface area contributed by atoms with Crippen molar-refractivity contribution >= 4 is 40.9 Å². The first-order valence-corrected chi connectivity index (χ1v) is 11.5. The van der Waals surface area contributed by atoms with Crippen LogP contribution < -0.4 is 15.4 Å². The molecule has 0 spiro atoms. The molecule has 1 atom stereocenters. The van der Waals surface area contributed by atoms with E-state index in [1.165, 1.54) is 11.8 Å². The number of benzene rings is 2. The van der Waals surface area contributed by atoms with E-state index in [0.717, 1.165) is 0 Å². The third-order valence-corrected chi connectivity index (χ3v) is 5.83. The molecule has 2 N–H and O–H groups in total. The van der Waals surface area contributed by atoms with Gasteiger partial charge in [0.2, 0.25) is 5.91 Å². The fourth-order valence-corrected chi connectivity index (χ4v) is 3.92. The van der Waals surface area contributed by atoms with Gasteiger partial charge >= 0.3 is 0 Å². The van der Waals surface area contributed by atoms with E-state index in [9.17, 15) is 9.59 Å². The number of amides is 2. The molecule has 0 bridgehead atoms. The molecule has 1 heterocycles. The number of ether oxygens (including phenoxy) is 1. The molecule has 3 aromatic rings. The van der Waals surface area contributed by atoms with Gasteiger partial charge in [-0.1, -0.05) is 41.6 Å². The Morgan fingerprint density at radius 2 is 1.94 bits per heavy atom. The predicted molar refractivity (Wildman–Crippen MR) is 130 cm³/mol. The van der Waals surface area contributed by atoms with Crippen molar-refractivity contribution in [2.24, 2.45) is 0 Å². The molecular formula is C23H24ClN5O3S. The number of carbonyl (C=O) groups excluding carboxylic acids is 2. The highest BCUT2D eigenvalue weighted by Crippen LogP contribution is 2.25. The van der Waals surface area contributed by atoms with Gasteiger partial charge in [-0.15, -0.1) is 16.8 Å². The predicted octanol–water partition coefficient (Wildman–Crippen LogP) is 4.35. The van der Waals surface area contributed by atoms with E-state index in [1.807, 2.05) is 23.6 Å². The maximum Gasteiger partial charge on any atom is 0.251 e. The van der Waals surface area contributed by atoms with Gasteiger partial charge in [-0.05, 0) is 43.3 Å². The average Bonchev–Trinajstić information content (AvgIpc) is 3.21. The van der Waals surface area contributed by atoms with Crippen LogP contribution in [0.3, 0.4) is 0 Å². The number of rotatable bonds is 10. The number of carbonyl (C=O) groups is 2. The molecule has 2 aromatic carbocycles. The van der Waals surface area contributed by atoms with Gasteiger partial charge in [0.25, 0.3) is 5.91 Å². The standard InChI is InChI=1S/C23H24ClN5O3S/c1-4-13-29-21(15(2)25-22(31)16-9-11-17(24)12-10-16)27-28-23(29)33-14-20(30)26-18-7-5-6-8-19(18)32-3/h4-12,15H,1,13-14H2,2-3H3,(H,25,31)(H,26,30)/t15-/m1/s1. The van der Waals surface area contributed by atoms with Crippen LogP contribution in [0.15, 0.2) is 66.3 Å². The minimum atomic E-state index is -0.419. The van der Waals surface area contributed by atoms with Crippen molar-refractivity contribution in [1.29, 1.82) is 0 Å². The summed E-state index contributed by atoms with van der Waals surface area (Å²) in [6.07, 6.45) is 1.71. The summed E-state index contributed by atoms with van der Waals surface area (Å²) in [5.41, 5.74) is 1.08. The summed E-state index contributed by atoms with van der Waals surface area (Å²) in [6.45, 7) is 6.04. The van der Waals surface area contributed by atoms with Crippen molar-refractivity contribution in [2.75, 3.05) is 18.2 Å². The van der Waals surface area contributed by atoms with Crippen molar-refractivity contribution < 1.29 is 14.3 Å². The van der Waals surface area contributed by atoms with Crippen molar-refractivity contribution in [1.82, 2.24) is 20.1 Å². The van der Waals surface area contributed by atoms with Crippen LogP contribution in [0.4, 0.5) is 5.69 Å². The molecule has 0 saturated heterocycles. The summed E-state index contributed by atoms with van der Waals surface area (Å²) >= 11 is 7.13. The van der Waals surface area contributed by atoms with Crippen LogP contribution in [-0.2, 0) is 11.3 Å². The second-order valence-corrected chi connectivity index (χ2v) is 8.36. The number of hydrogen-bond acceptors (Lipinski definition) is 6. The van der Waals surface area contributed by atoms with Crippen molar-refractivity contribution in [2.45, 2.75) is 24.7 Å². The summed E-state index contributed by atoms with van der Waals surface area (Å²) in [5.74, 6) is 0.808. The summed E-state index contributed by atoms with van der Waals surface area (Å²) in [5, 5.41) is 15.3. The highest BCUT2D eigenvalue weighted by atomic mass is 35.5. The van der Waals surface area contributed by atoms with E-state index in [0.29, 0.717) is 39.5 Å². The third kappa shape index (κ3) is 6.36. The number of methoxy groups -OCH3 is 1. The molecule has 172 valence electrons. The Labute approximate surface area is 201 Å². The smallest absolute Gasteiger partial charge is 0.251 e. The fraction of sp³-hybridized carbons (Fsp3) is 0.217. The van der Waals surface area contributed by atoms with E-state index in [1.54, 1.807) is 49.6 Å². The van der Waals surface area contributed by atoms with Crippen LogP contribution in [0.1, 0.15) is 29.1 Å². The number of para-hydroxylation sites is 2. The lowest BCUT2D eigenvalue weighted by atomic mass is 10.2. The lowest BCUT2D eigenvalue weighted by Gasteiger charge is -2.15. The summed E-state index contributed by atoms with van der Waals surface area (Å²) in [7, 11) is 1.55. The van der Waals surface area contributed by atoms with Gasteiger partial charge in [-0.3, -0.25) is 9.59 Å². The van der Waals surface area contributed by atoms with Crippen LogP contribution in [0.25, 0.3) is 0 Å². The second-order valence-electron chi connectivity index (χ2n) is 6.98. The van der Waals surface area contributed by atoms with Crippen LogP contribution >= 0.6 is 23.4 Å². The Bertz CT molecular complexity index is 1130. The van der Waals surface area contributed by atoms with E-state index < -0.39 is 6.04 Å². The van der Waals surface area contributed by atoms with Gasteiger partial charge in [-0.2, -0.15) is 0 Å². The normalized spacial score (nSPS) is 11.5. The highest BCUT2D eigenvalue weighted by Gasteiger charge is 2.20. The summed E-state index contributed by atoms with van der Waals surface area (Å²) < 4.78 is 7.08. The molecule has 8 nitrogen and oxygen atoms in total. The minimum Gasteiger partial charge on any atom is -0.495 e. The van der Waals surface area contributed by atoms with Gasteiger partial charge in [0.1, 0.15) is 5.75 Å². The SMILES string of the molecule is C=CCn1c(SCC(=O)Nc2ccccc2OC)nnc1[C@@H](C)NC(=O)c1ccc(Cl)cc1. The molecule has 0 aliphatic carbocycles. The third-order valence-electron chi connectivity index (χ3n) is 4.61. The van der Waals surface area contributed by atoms with Crippen molar-refractivity contribution in [3.63, 3.8) is 0 Å². The molecule has 0 saturated carbocycles. The highest BCUT2D eigenvalue weighted by molar-refractivity contribution is 7.99. The molecule has 1 aromatic heterocycles. The maximum atomic E-state index is 12.6. The van der Waals surface area contributed by atoms with Crippen molar-refractivity contribution in [3.05, 3.63) is 77.6 Å². The van der Waals surface area contributed by atoms with E-state index in [2.05, 4.69) is 27.4 Å². The Kier molecular flexibility index (Phi) is 8.51. The topological polar surface area (TPSA) is 98.1 Å². The lowest BCUT2D eigenvalue weighted by Crippen LogP contribution is -2.28. The zero-order valence-electron chi connectivity index (χ0n) is 18.2. The van der Waals surface area contributed by atoms with Gasteiger partial charge in [0.15, 0.2) is 11.0 Å². The van der Waals surface area contributed by atoms with Crippen LogP contribution in [-0.4, -0.2) is 39.4 Å². The van der Waals surface area contributed by atoms with Crippen LogP contribution in [0.2, 0.25) is 5.02 Å². The first kappa shape index (κ1) is 24.3. The fourth-order valence-electron chi connectivity index (χ4n) is 3.04. The van der Waals surface area contributed by atoms with E-state index in [-0.39, 0.29) is 17.6 Å². The molecule has 0 aliphatic heterocycles. The Morgan fingerprint density at radius 1 is 1.21 bits per heavy atom. The first-order chi connectivity index (χ1) is 15.9. The van der Waals surface area contributed by atoms with E-state index in [4.69, 9.17) is 16.3 Å². The Balaban J connectivity index is 1.67. The zero-order valence-corrected chi connectivity index (χ0v) is 19.8. The molecular weight excluding hydrogens is 462 g/mol. The maximum absolute atomic E-state index is 12.6. The number of nitrogens with one attached hydrogen (secondary N) is 2. The lowest BCUT2D eigenvalue weighted by molar-refractivity contribution is -0.113. The summed E-state index contributed by atoms with van der Waals surface area (Å²) in [4.78, 5) is 25.0. The number of halogens is 1. The first-order valence-electron chi connectivity index (χ1n) is 10.1. The summed E-state index contributed by atoms with van der Waals surface area (Å²) in [6, 6.07) is 13.4.